The van der Waals surface area contributed by atoms with Crippen LogP contribution in [0.5, 0.6) is 0 Å². The van der Waals surface area contributed by atoms with E-state index in [0.717, 1.165) is 17.0 Å². The van der Waals surface area contributed by atoms with Crippen LogP contribution in [0.2, 0.25) is 0 Å². The zero-order valence-electron chi connectivity index (χ0n) is 19.6. The monoisotopic (exact) mass is 468 g/mol. The largest absolute Gasteiger partial charge is 0.481 e. The molecule has 4 rings (SSSR count). The van der Waals surface area contributed by atoms with Gasteiger partial charge in [-0.15, -0.1) is 5.10 Å². The van der Waals surface area contributed by atoms with Gasteiger partial charge in [0, 0.05) is 16.7 Å². The van der Waals surface area contributed by atoms with Crippen molar-refractivity contribution in [2.75, 3.05) is 5.73 Å². The summed E-state index contributed by atoms with van der Waals surface area (Å²) in [6, 6.07) is 16.5. The molecule has 3 aromatic heterocycles. The van der Waals surface area contributed by atoms with E-state index in [0.29, 0.717) is 34.9 Å². The third-order valence-corrected chi connectivity index (χ3v) is 5.66. The number of nitrogens with zero attached hydrogens (tertiary/aromatic N) is 7. The summed E-state index contributed by atoms with van der Waals surface area (Å²) in [4.78, 5) is 24.6. The maximum absolute atomic E-state index is 11.2. The van der Waals surface area contributed by atoms with Crippen LogP contribution >= 0.6 is 0 Å². The third-order valence-electron chi connectivity index (χ3n) is 5.66. The molecule has 0 aliphatic carbocycles. The Hall–Kier alpha value is -4.65. The predicted octanol–water partition coefficient (Wildman–Crippen LogP) is 3.36. The van der Waals surface area contributed by atoms with Crippen LogP contribution in [0.15, 0.2) is 48.5 Å². The summed E-state index contributed by atoms with van der Waals surface area (Å²) in [6.07, 6.45) is -0.0231. The summed E-state index contributed by atoms with van der Waals surface area (Å²) < 4.78 is 1.71. The van der Waals surface area contributed by atoms with Gasteiger partial charge in [0.05, 0.1) is 47.4 Å². The minimum absolute atomic E-state index is 0.0231. The number of hydrogen-bond acceptors (Lipinski definition) is 8. The molecular weight excluding hydrogens is 444 g/mol. The highest BCUT2D eigenvalue weighted by molar-refractivity contribution is 5.69. The Kier molecular flexibility index (Phi) is 6.25. The fraction of sp³-hybridized carbons (Fsp3) is 0.240. The first-order valence-electron chi connectivity index (χ1n) is 10.9. The summed E-state index contributed by atoms with van der Waals surface area (Å²) in [7, 11) is 0. The molecule has 0 saturated carbocycles. The zero-order valence-corrected chi connectivity index (χ0v) is 19.6. The van der Waals surface area contributed by atoms with Crippen LogP contribution in [0.1, 0.15) is 42.9 Å². The summed E-state index contributed by atoms with van der Waals surface area (Å²) in [6.45, 7) is 5.94. The van der Waals surface area contributed by atoms with Crippen molar-refractivity contribution in [3.63, 3.8) is 0 Å². The van der Waals surface area contributed by atoms with Crippen molar-refractivity contribution in [2.24, 2.45) is 0 Å². The van der Waals surface area contributed by atoms with Gasteiger partial charge in [-0.1, -0.05) is 37.3 Å². The number of carboxylic acids is 1. The summed E-state index contributed by atoms with van der Waals surface area (Å²) >= 11 is 0. The molecule has 0 spiro atoms. The quantitative estimate of drug-likeness (QED) is 0.415. The molecule has 0 unspecified atom stereocenters. The van der Waals surface area contributed by atoms with Gasteiger partial charge in [-0.3, -0.25) is 9.78 Å². The number of anilines is 1. The number of benzene rings is 1. The number of carbonyl (C=O) groups is 1. The van der Waals surface area contributed by atoms with Gasteiger partial charge in [-0.2, -0.15) is 5.26 Å². The van der Waals surface area contributed by atoms with Crippen molar-refractivity contribution < 1.29 is 9.90 Å². The van der Waals surface area contributed by atoms with E-state index in [1.807, 2.05) is 45.0 Å². The van der Waals surface area contributed by atoms with Crippen LogP contribution in [0, 0.1) is 18.3 Å². The smallest absolute Gasteiger partial charge is 0.304 e. The molecule has 3 heterocycles. The van der Waals surface area contributed by atoms with Gasteiger partial charge < -0.3 is 10.8 Å². The number of aliphatic carboxylic acids is 1. The van der Waals surface area contributed by atoms with E-state index in [-0.39, 0.29) is 12.4 Å². The number of aromatic nitrogens is 6. The van der Waals surface area contributed by atoms with Crippen molar-refractivity contribution in [3.05, 3.63) is 71.2 Å². The van der Waals surface area contributed by atoms with E-state index in [2.05, 4.69) is 31.3 Å². The van der Waals surface area contributed by atoms with Gasteiger partial charge in [0.25, 0.3) is 0 Å². The second kappa shape index (κ2) is 9.30. The summed E-state index contributed by atoms with van der Waals surface area (Å²) in [5.74, 6) is -0.786. The molecule has 10 heteroatoms. The number of pyridine rings is 1. The lowest BCUT2D eigenvalue weighted by Gasteiger charge is -2.22. The van der Waals surface area contributed by atoms with Crippen molar-refractivity contribution in [1.82, 2.24) is 29.9 Å². The first-order chi connectivity index (χ1) is 16.7. The highest BCUT2D eigenvalue weighted by atomic mass is 16.4. The molecule has 0 bridgehead atoms. The van der Waals surface area contributed by atoms with Gasteiger partial charge in [0.2, 0.25) is 5.95 Å². The van der Waals surface area contributed by atoms with Crippen LogP contribution in [-0.4, -0.2) is 41.0 Å². The molecule has 0 aliphatic heterocycles. The van der Waals surface area contributed by atoms with Gasteiger partial charge >= 0.3 is 5.97 Å². The van der Waals surface area contributed by atoms with Crippen LogP contribution in [-0.2, 0) is 16.8 Å². The van der Waals surface area contributed by atoms with E-state index < -0.39 is 11.4 Å². The first-order valence-corrected chi connectivity index (χ1v) is 10.9. The second-order valence-corrected chi connectivity index (χ2v) is 8.84. The van der Waals surface area contributed by atoms with E-state index in [9.17, 15) is 15.2 Å². The third kappa shape index (κ3) is 5.14. The standard InChI is InChI=1S/C25H24N8O2/c1-15-23(20-11-19(29-24(27)30-20)17-7-4-6-16(10-17)13-26)31-32-33(15)14-18-8-5-9-21(28-18)25(2,3)12-22(34)35/h4-11H,12,14H2,1-3H3,(H,34,35)(H2,27,29,30). The molecule has 0 atom stereocenters. The normalized spacial score (nSPS) is 11.3. The molecule has 0 saturated heterocycles. The van der Waals surface area contributed by atoms with Crippen molar-refractivity contribution in [1.29, 1.82) is 5.26 Å². The highest BCUT2D eigenvalue weighted by Gasteiger charge is 2.26. The fourth-order valence-electron chi connectivity index (χ4n) is 3.80. The lowest BCUT2D eigenvalue weighted by Crippen LogP contribution is -2.23. The number of nitrogen functional groups attached to an aromatic ring is 1. The Bertz CT molecular complexity index is 1450. The van der Waals surface area contributed by atoms with E-state index in [1.54, 1.807) is 28.9 Å². The minimum Gasteiger partial charge on any atom is -0.481 e. The van der Waals surface area contributed by atoms with E-state index in [1.165, 1.54) is 0 Å². The maximum Gasteiger partial charge on any atom is 0.304 e. The number of hydrogen-bond donors (Lipinski definition) is 2. The Balaban J connectivity index is 1.64. The lowest BCUT2D eigenvalue weighted by molar-refractivity contribution is -0.138. The molecule has 35 heavy (non-hydrogen) atoms. The van der Waals surface area contributed by atoms with Crippen LogP contribution in [0.25, 0.3) is 22.6 Å². The Labute approximate surface area is 202 Å². The lowest BCUT2D eigenvalue weighted by atomic mass is 9.85. The first kappa shape index (κ1) is 23.5. The Morgan fingerprint density at radius 2 is 1.86 bits per heavy atom. The van der Waals surface area contributed by atoms with Gasteiger partial charge in [-0.25, -0.2) is 14.6 Å². The molecular formula is C25H24N8O2. The average molecular weight is 469 g/mol. The summed E-state index contributed by atoms with van der Waals surface area (Å²) in [5.41, 5.74) is 10.5. The van der Waals surface area contributed by atoms with Crippen molar-refractivity contribution >= 4 is 11.9 Å². The van der Waals surface area contributed by atoms with Crippen LogP contribution in [0.4, 0.5) is 5.95 Å². The van der Waals surface area contributed by atoms with E-state index in [4.69, 9.17) is 5.73 Å². The number of rotatable bonds is 7. The number of nitrogens with two attached hydrogens (primary N) is 1. The van der Waals surface area contributed by atoms with Crippen LogP contribution in [0.3, 0.4) is 0 Å². The van der Waals surface area contributed by atoms with Crippen molar-refractivity contribution in [3.8, 4) is 28.7 Å². The molecule has 4 aromatic rings. The fourth-order valence-corrected chi connectivity index (χ4v) is 3.80. The molecule has 176 valence electrons. The molecule has 0 amide bonds. The maximum atomic E-state index is 11.2. The van der Waals surface area contributed by atoms with E-state index >= 15 is 0 Å². The zero-order chi connectivity index (χ0) is 25.2. The molecule has 0 fully saturated rings. The SMILES string of the molecule is Cc1c(-c2cc(-c3cccc(C#N)c3)nc(N)n2)nnn1Cc1cccc(C(C)(C)CC(=O)O)n1. The second-order valence-electron chi connectivity index (χ2n) is 8.84. The average Bonchev–Trinajstić information content (AvgIpc) is 3.18. The highest BCUT2D eigenvalue weighted by Crippen LogP contribution is 2.27. The Morgan fingerprint density at radius 3 is 2.60 bits per heavy atom. The molecule has 0 aliphatic rings. The van der Waals surface area contributed by atoms with Crippen LogP contribution < -0.4 is 5.73 Å². The summed E-state index contributed by atoms with van der Waals surface area (Å²) in [5, 5.41) is 27.0. The number of carboxylic acid groups (broad SMARTS) is 1. The van der Waals surface area contributed by atoms with Crippen molar-refractivity contribution in [2.45, 2.75) is 39.2 Å². The molecule has 0 radical (unpaired) electrons. The number of nitriles is 1. The topological polar surface area (TPSA) is 156 Å². The molecule has 3 N–H and O–H groups in total. The van der Waals surface area contributed by atoms with Gasteiger partial charge in [0.1, 0.15) is 5.69 Å². The molecule has 10 nitrogen and oxygen atoms in total. The Morgan fingerprint density at radius 1 is 1.11 bits per heavy atom. The minimum atomic E-state index is -0.873. The predicted molar refractivity (Wildman–Crippen MR) is 129 cm³/mol. The van der Waals surface area contributed by atoms with Gasteiger partial charge in [-0.05, 0) is 37.3 Å². The van der Waals surface area contributed by atoms with Gasteiger partial charge in [0.15, 0.2) is 0 Å². The molecule has 1 aromatic carbocycles.